The standard InChI is InChI=1S/C14H11N.Na.H/c15-11-14(12-7-3-1-4-8-12)13-9-5-2-6-10-13;;/h1-10,14H;;/q;+1;-1. The van der Waals surface area contributed by atoms with Gasteiger partial charge in [-0.2, -0.15) is 5.26 Å². The first-order chi connectivity index (χ1) is 7.42. The van der Waals surface area contributed by atoms with Gasteiger partial charge in [-0.1, -0.05) is 60.7 Å². The Labute approximate surface area is 120 Å². The maximum absolute atomic E-state index is 9.18. The van der Waals surface area contributed by atoms with Crippen LogP contribution in [0, 0.1) is 11.3 Å². The van der Waals surface area contributed by atoms with Crippen LogP contribution in [0.1, 0.15) is 18.5 Å². The fourth-order valence-corrected chi connectivity index (χ4v) is 1.63. The Hall–Kier alpha value is -1.07. The van der Waals surface area contributed by atoms with E-state index >= 15 is 0 Å². The predicted molar refractivity (Wildman–Crippen MR) is 61.5 cm³/mol. The normalized spacial score (nSPS) is 9.25. The van der Waals surface area contributed by atoms with Crippen LogP contribution in [0.3, 0.4) is 0 Å². The van der Waals surface area contributed by atoms with Crippen molar-refractivity contribution in [3.8, 4) is 6.07 Å². The molecule has 0 saturated carbocycles. The molecule has 0 N–H and O–H groups in total. The Morgan fingerprint density at radius 3 is 1.50 bits per heavy atom. The van der Waals surface area contributed by atoms with Gasteiger partial charge < -0.3 is 1.43 Å². The van der Waals surface area contributed by atoms with Gasteiger partial charge >= 0.3 is 29.6 Å². The minimum Gasteiger partial charge on any atom is -1.00 e. The van der Waals surface area contributed by atoms with Gasteiger partial charge in [0.25, 0.3) is 0 Å². The van der Waals surface area contributed by atoms with Crippen molar-refractivity contribution in [1.82, 2.24) is 0 Å². The number of hydrogen-bond donors (Lipinski definition) is 0. The molecule has 74 valence electrons. The Morgan fingerprint density at radius 2 is 1.19 bits per heavy atom. The van der Waals surface area contributed by atoms with E-state index in [1.807, 2.05) is 60.7 Å². The molecule has 0 aliphatic carbocycles. The van der Waals surface area contributed by atoms with E-state index in [1.165, 1.54) is 0 Å². The van der Waals surface area contributed by atoms with E-state index in [-0.39, 0.29) is 36.9 Å². The molecule has 0 radical (unpaired) electrons. The van der Waals surface area contributed by atoms with E-state index in [0.29, 0.717) is 0 Å². The molecule has 0 unspecified atom stereocenters. The van der Waals surface area contributed by atoms with E-state index in [2.05, 4.69) is 6.07 Å². The fourth-order valence-electron chi connectivity index (χ4n) is 1.63. The average Bonchev–Trinajstić information content (AvgIpc) is 2.33. The van der Waals surface area contributed by atoms with Crippen LogP contribution in [0.25, 0.3) is 0 Å². The minimum absolute atomic E-state index is 0. The molecule has 0 bridgehead atoms. The van der Waals surface area contributed by atoms with E-state index in [9.17, 15) is 5.26 Å². The summed E-state index contributed by atoms with van der Waals surface area (Å²) in [6, 6.07) is 22.0. The molecule has 2 heteroatoms. The first kappa shape index (κ1) is 13.0. The molecule has 0 heterocycles. The summed E-state index contributed by atoms with van der Waals surface area (Å²) in [6.07, 6.45) is 0. The molecule has 0 saturated heterocycles. The number of nitrogens with zero attached hydrogens (tertiary/aromatic N) is 1. The van der Waals surface area contributed by atoms with Gasteiger partial charge in [0.2, 0.25) is 0 Å². The van der Waals surface area contributed by atoms with Crippen LogP contribution in [-0.2, 0) is 0 Å². The third-order valence-corrected chi connectivity index (χ3v) is 2.39. The van der Waals surface area contributed by atoms with Crippen LogP contribution in [0.4, 0.5) is 0 Å². The predicted octanol–water partition coefficient (Wildman–Crippen LogP) is 0.459. The second-order valence-corrected chi connectivity index (χ2v) is 3.38. The van der Waals surface area contributed by atoms with Gasteiger partial charge in [-0.3, -0.25) is 0 Å². The summed E-state index contributed by atoms with van der Waals surface area (Å²) in [6.45, 7) is 0. The first-order valence-electron chi connectivity index (χ1n) is 4.91. The summed E-state index contributed by atoms with van der Waals surface area (Å²) < 4.78 is 0. The third-order valence-electron chi connectivity index (χ3n) is 2.39. The number of nitriles is 1. The Bertz CT molecular complexity index is 425. The van der Waals surface area contributed by atoms with Crippen molar-refractivity contribution in [2.45, 2.75) is 5.92 Å². The zero-order valence-corrected chi connectivity index (χ0v) is 11.3. The molecule has 0 aliphatic rings. The largest absolute Gasteiger partial charge is 1.00 e. The van der Waals surface area contributed by atoms with Crippen molar-refractivity contribution in [1.29, 1.82) is 5.26 Å². The molecule has 0 aromatic heterocycles. The van der Waals surface area contributed by atoms with Crippen molar-refractivity contribution in [2.75, 3.05) is 0 Å². The molecular weight excluding hydrogens is 205 g/mol. The van der Waals surface area contributed by atoms with Gasteiger partial charge in [-0.05, 0) is 11.1 Å². The fraction of sp³-hybridized carbons (Fsp3) is 0.0714. The number of benzene rings is 2. The zero-order valence-electron chi connectivity index (χ0n) is 10.3. The van der Waals surface area contributed by atoms with E-state index < -0.39 is 0 Å². The van der Waals surface area contributed by atoms with Gasteiger partial charge in [0.05, 0.1) is 12.0 Å². The van der Waals surface area contributed by atoms with Gasteiger partial charge in [0.1, 0.15) is 0 Å². The molecule has 2 aromatic carbocycles. The minimum atomic E-state index is -0.160. The van der Waals surface area contributed by atoms with Gasteiger partial charge in [0, 0.05) is 0 Å². The summed E-state index contributed by atoms with van der Waals surface area (Å²) in [7, 11) is 0. The molecular formula is C14H12NNa. The van der Waals surface area contributed by atoms with Crippen LogP contribution in [-0.4, -0.2) is 0 Å². The Kier molecular flexibility index (Phi) is 5.28. The smallest absolute Gasteiger partial charge is 1.00 e. The van der Waals surface area contributed by atoms with Crippen molar-refractivity contribution < 1.29 is 31.0 Å². The molecule has 2 aromatic rings. The molecule has 1 nitrogen and oxygen atoms in total. The van der Waals surface area contributed by atoms with Crippen LogP contribution >= 0.6 is 0 Å². The van der Waals surface area contributed by atoms with Crippen molar-refractivity contribution >= 4 is 0 Å². The summed E-state index contributed by atoms with van der Waals surface area (Å²) in [5.41, 5.74) is 2.09. The maximum atomic E-state index is 9.18. The zero-order chi connectivity index (χ0) is 10.5. The third kappa shape index (κ3) is 2.96. The van der Waals surface area contributed by atoms with Gasteiger partial charge in [0.15, 0.2) is 0 Å². The van der Waals surface area contributed by atoms with Gasteiger partial charge in [-0.25, -0.2) is 0 Å². The average molecular weight is 217 g/mol. The van der Waals surface area contributed by atoms with Crippen LogP contribution in [0.2, 0.25) is 0 Å². The summed E-state index contributed by atoms with van der Waals surface area (Å²) in [5.74, 6) is -0.160. The number of rotatable bonds is 2. The monoisotopic (exact) mass is 217 g/mol. The van der Waals surface area contributed by atoms with Crippen molar-refractivity contribution in [3.05, 3.63) is 71.8 Å². The van der Waals surface area contributed by atoms with Crippen LogP contribution in [0.5, 0.6) is 0 Å². The van der Waals surface area contributed by atoms with Crippen molar-refractivity contribution in [3.63, 3.8) is 0 Å². The summed E-state index contributed by atoms with van der Waals surface area (Å²) in [4.78, 5) is 0. The number of hydrogen-bond acceptors (Lipinski definition) is 1. The summed E-state index contributed by atoms with van der Waals surface area (Å²) in [5, 5.41) is 9.18. The molecule has 0 spiro atoms. The second kappa shape index (κ2) is 6.50. The van der Waals surface area contributed by atoms with E-state index in [4.69, 9.17) is 0 Å². The topological polar surface area (TPSA) is 23.8 Å². The first-order valence-corrected chi connectivity index (χ1v) is 4.91. The maximum Gasteiger partial charge on any atom is 1.00 e. The van der Waals surface area contributed by atoms with Crippen molar-refractivity contribution in [2.24, 2.45) is 0 Å². The molecule has 0 aliphatic heterocycles. The molecule has 0 amide bonds. The molecule has 0 fully saturated rings. The van der Waals surface area contributed by atoms with Gasteiger partial charge in [-0.15, -0.1) is 0 Å². The van der Waals surface area contributed by atoms with Crippen LogP contribution < -0.4 is 29.6 Å². The Morgan fingerprint density at radius 1 is 0.812 bits per heavy atom. The quantitative estimate of drug-likeness (QED) is 0.670. The molecule has 2 rings (SSSR count). The van der Waals surface area contributed by atoms with E-state index in [0.717, 1.165) is 11.1 Å². The van der Waals surface area contributed by atoms with E-state index in [1.54, 1.807) is 0 Å². The Balaban J connectivity index is 0.00000128. The second-order valence-electron chi connectivity index (χ2n) is 3.38. The molecule has 16 heavy (non-hydrogen) atoms. The van der Waals surface area contributed by atoms with Crippen LogP contribution in [0.15, 0.2) is 60.7 Å². The molecule has 0 atom stereocenters. The SMILES string of the molecule is N#CC(c1ccccc1)c1ccccc1.[H-].[Na+]. The summed E-state index contributed by atoms with van der Waals surface area (Å²) >= 11 is 0.